The lowest BCUT2D eigenvalue weighted by atomic mass is 9.94. The summed E-state index contributed by atoms with van der Waals surface area (Å²) >= 11 is 0. The van der Waals surface area contributed by atoms with Gasteiger partial charge in [-0.2, -0.15) is 0 Å². The van der Waals surface area contributed by atoms with Gasteiger partial charge in [-0.25, -0.2) is 0 Å². The van der Waals surface area contributed by atoms with Crippen molar-refractivity contribution in [2.45, 2.75) is 45.7 Å². The molecule has 0 radical (unpaired) electrons. The SMILES string of the molecule is CCC(N)(CC)CNC(=O)c1ccc(CNC(C)=O)cc1.Cl. The summed E-state index contributed by atoms with van der Waals surface area (Å²) < 4.78 is 0. The molecule has 0 unspecified atom stereocenters. The lowest BCUT2D eigenvalue weighted by Gasteiger charge is -2.26. The average molecular weight is 328 g/mol. The van der Waals surface area contributed by atoms with Crippen LogP contribution in [0.15, 0.2) is 24.3 Å². The van der Waals surface area contributed by atoms with E-state index >= 15 is 0 Å². The topological polar surface area (TPSA) is 84.2 Å². The monoisotopic (exact) mass is 327 g/mol. The first-order chi connectivity index (χ1) is 9.90. The number of carbonyl (C=O) groups is 2. The fourth-order valence-corrected chi connectivity index (χ4v) is 1.86. The Labute approximate surface area is 138 Å². The van der Waals surface area contributed by atoms with Crippen molar-refractivity contribution in [1.29, 1.82) is 0 Å². The van der Waals surface area contributed by atoms with E-state index in [2.05, 4.69) is 10.6 Å². The number of hydrogen-bond acceptors (Lipinski definition) is 3. The summed E-state index contributed by atoms with van der Waals surface area (Å²) in [6, 6.07) is 7.17. The van der Waals surface area contributed by atoms with Crippen molar-refractivity contribution in [1.82, 2.24) is 10.6 Å². The molecule has 1 aromatic carbocycles. The Balaban J connectivity index is 0.00000441. The van der Waals surface area contributed by atoms with Gasteiger partial charge in [0.1, 0.15) is 0 Å². The van der Waals surface area contributed by atoms with Gasteiger partial charge in [-0.1, -0.05) is 26.0 Å². The molecular formula is C16H26ClN3O2. The first-order valence-electron chi connectivity index (χ1n) is 7.30. The molecule has 0 aromatic heterocycles. The molecule has 0 saturated carbocycles. The minimum absolute atomic E-state index is 0. The van der Waals surface area contributed by atoms with Crippen LogP contribution in [0.5, 0.6) is 0 Å². The molecule has 2 amide bonds. The number of hydrogen-bond donors (Lipinski definition) is 3. The van der Waals surface area contributed by atoms with Crippen molar-refractivity contribution in [2.24, 2.45) is 5.73 Å². The molecule has 0 heterocycles. The Hall–Kier alpha value is -1.59. The minimum atomic E-state index is -0.346. The van der Waals surface area contributed by atoms with E-state index in [1.165, 1.54) is 6.92 Å². The fraction of sp³-hybridized carbons (Fsp3) is 0.500. The highest BCUT2D eigenvalue weighted by Crippen LogP contribution is 2.10. The lowest BCUT2D eigenvalue weighted by Crippen LogP contribution is -2.49. The Kier molecular flexibility index (Phi) is 8.75. The summed E-state index contributed by atoms with van der Waals surface area (Å²) in [7, 11) is 0. The van der Waals surface area contributed by atoms with Crippen LogP contribution < -0.4 is 16.4 Å². The van der Waals surface area contributed by atoms with Crippen molar-refractivity contribution in [3.63, 3.8) is 0 Å². The van der Waals surface area contributed by atoms with E-state index in [1.807, 2.05) is 26.0 Å². The van der Waals surface area contributed by atoms with Gasteiger partial charge in [-0.15, -0.1) is 12.4 Å². The van der Waals surface area contributed by atoms with Gasteiger partial charge < -0.3 is 16.4 Å². The van der Waals surface area contributed by atoms with Crippen LogP contribution in [0.4, 0.5) is 0 Å². The second-order valence-electron chi connectivity index (χ2n) is 5.36. The van der Waals surface area contributed by atoms with Gasteiger partial charge in [0.2, 0.25) is 5.91 Å². The minimum Gasteiger partial charge on any atom is -0.352 e. The summed E-state index contributed by atoms with van der Waals surface area (Å²) in [4.78, 5) is 22.9. The lowest BCUT2D eigenvalue weighted by molar-refractivity contribution is -0.119. The zero-order valence-corrected chi connectivity index (χ0v) is 14.3. The molecule has 1 aromatic rings. The second kappa shape index (κ2) is 9.43. The van der Waals surface area contributed by atoms with Gasteiger partial charge in [0, 0.05) is 31.1 Å². The standard InChI is InChI=1S/C16H25N3O2.ClH/c1-4-16(17,5-2)11-19-15(21)14-8-6-13(7-9-14)10-18-12(3)20;/h6-9H,4-5,10-11,17H2,1-3H3,(H,18,20)(H,19,21);1H. The maximum Gasteiger partial charge on any atom is 0.251 e. The van der Waals surface area contributed by atoms with Gasteiger partial charge in [-0.05, 0) is 30.5 Å². The smallest absolute Gasteiger partial charge is 0.251 e. The first kappa shape index (κ1) is 20.4. The van der Waals surface area contributed by atoms with E-state index in [0.29, 0.717) is 18.7 Å². The molecule has 0 aliphatic heterocycles. The molecule has 0 atom stereocenters. The Morgan fingerprint density at radius 2 is 1.64 bits per heavy atom. The zero-order chi connectivity index (χ0) is 15.9. The van der Waals surface area contributed by atoms with Crippen molar-refractivity contribution < 1.29 is 9.59 Å². The highest BCUT2D eigenvalue weighted by Gasteiger charge is 2.21. The Bertz CT molecular complexity index is 485. The van der Waals surface area contributed by atoms with Gasteiger partial charge in [-0.3, -0.25) is 9.59 Å². The summed E-state index contributed by atoms with van der Waals surface area (Å²) in [6.45, 7) is 6.45. The number of carbonyl (C=O) groups excluding carboxylic acids is 2. The average Bonchev–Trinajstić information content (AvgIpc) is 2.50. The number of halogens is 1. The highest BCUT2D eigenvalue weighted by molar-refractivity contribution is 5.94. The van der Waals surface area contributed by atoms with E-state index in [1.54, 1.807) is 12.1 Å². The number of rotatable bonds is 7. The third-order valence-corrected chi connectivity index (χ3v) is 3.77. The third kappa shape index (κ3) is 6.45. The van der Waals surface area contributed by atoms with Crippen molar-refractivity contribution in [2.75, 3.05) is 6.54 Å². The van der Waals surface area contributed by atoms with Gasteiger partial charge in [0.15, 0.2) is 0 Å². The van der Waals surface area contributed by atoms with E-state index in [-0.39, 0.29) is 29.8 Å². The molecule has 0 aliphatic carbocycles. The van der Waals surface area contributed by atoms with Crippen LogP contribution in [0.25, 0.3) is 0 Å². The van der Waals surface area contributed by atoms with Crippen LogP contribution in [0.2, 0.25) is 0 Å². The van der Waals surface area contributed by atoms with Crippen molar-refractivity contribution in [3.8, 4) is 0 Å². The Morgan fingerprint density at radius 3 is 2.09 bits per heavy atom. The summed E-state index contributed by atoms with van der Waals surface area (Å²) in [5, 5.41) is 5.59. The number of nitrogens with two attached hydrogens (primary N) is 1. The van der Waals surface area contributed by atoms with Crippen LogP contribution in [-0.2, 0) is 11.3 Å². The molecule has 6 heteroatoms. The summed E-state index contributed by atoms with van der Waals surface area (Å²) in [5.41, 5.74) is 7.36. The van der Waals surface area contributed by atoms with E-state index in [0.717, 1.165) is 18.4 Å². The fourth-order valence-electron chi connectivity index (χ4n) is 1.86. The number of nitrogens with one attached hydrogen (secondary N) is 2. The second-order valence-corrected chi connectivity index (χ2v) is 5.36. The molecule has 124 valence electrons. The Morgan fingerprint density at radius 1 is 1.09 bits per heavy atom. The predicted octanol–water partition coefficient (Wildman–Crippen LogP) is 1.99. The van der Waals surface area contributed by atoms with E-state index < -0.39 is 0 Å². The van der Waals surface area contributed by atoms with Gasteiger partial charge in [0.05, 0.1) is 0 Å². The van der Waals surface area contributed by atoms with E-state index in [9.17, 15) is 9.59 Å². The maximum absolute atomic E-state index is 12.1. The van der Waals surface area contributed by atoms with Gasteiger partial charge in [0.25, 0.3) is 5.91 Å². The number of benzene rings is 1. The molecule has 4 N–H and O–H groups in total. The van der Waals surface area contributed by atoms with Crippen LogP contribution in [0.3, 0.4) is 0 Å². The first-order valence-corrected chi connectivity index (χ1v) is 7.30. The van der Waals surface area contributed by atoms with Crippen molar-refractivity contribution in [3.05, 3.63) is 35.4 Å². The molecule has 22 heavy (non-hydrogen) atoms. The van der Waals surface area contributed by atoms with E-state index in [4.69, 9.17) is 5.73 Å². The maximum atomic E-state index is 12.1. The van der Waals surface area contributed by atoms with Crippen molar-refractivity contribution >= 4 is 24.2 Å². The molecule has 0 bridgehead atoms. The van der Waals surface area contributed by atoms with Crippen LogP contribution in [0.1, 0.15) is 49.5 Å². The molecule has 0 saturated heterocycles. The quantitative estimate of drug-likeness (QED) is 0.716. The van der Waals surface area contributed by atoms with Crippen LogP contribution in [0, 0.1) is 0 Å². The molecule has 0 fully saturated rings. The summed E-state index contributed by atoms with van der Waals surface area (Å²) in [5.74, 6) is -0.201. The predicted molar refractivity (Wildman–Crippen MR) is 91.0 cm³/mol. The zero-order valence-electron chi connectivity index (χ0n) is 13.4. The van der Waals surface area contributed by atoms with Gasteiger partial charge >= 0.3 is 0 Å². The molecule has 5 nitrogen and oxygen atoms in total. The molecular weight excluding hydrogens is 302 g/mol. The number of amides is 2. The largest absolute Gasteiger partial charge is 0.352 e. The normalized spacial score (nSPS) is 10.5. The van der Waals surface area contributed by atoms with Crippen LogP contribution in [-0.4, -0.2) is 23.9 Å². The molecule has 1 rings (SSSR count). The molecule has 0 aliphatic rings. The molecule has 0 spiro atoms. The van der Waals surface area contributed by atoms with Crippen LogP contribution >= 0.6 is 12.4 Å². The highest BCUT2D eigenvalue weighted by atomic mass is 35.5. The third-order valence-electron chi connectivity index (χ3n) is 3.77. The summed E-state index contributed by atoms with van der Waals surface area (Å²) in [6.07, 6.45) is 1.64.